The van der Waals surface area contributed by atoms with Gasteiger partial charge in [-0.15, -0.1) is 0 Å². The number of amides is 1. The van der Waals surface area contributed by atoms with Crippen LogP contribution in [-0.2, 0) is 9.53 Å². The number of ether oxygens (including phenoxy) is 1. The van der Waals surface area contributed by atoms with Gasteiger partial charge in [0.05, 0.1) is 25.5 Å². The number of aromatic nitrogens is 1. The molecule has 2 aliphatic rings. The lowest BCUT2D eigenvalue weighted by Gasteiger charge is -2.34. The minimum atomic E-state index is 0.227. The number of nitrogens with zero attached hydrogens (tertiary/aromatic N) is 3. The molecule has 3 heterocycles. The van der Waals surface area contributed by atoms with E-state index >= 15 is 0 Å². The summed E-state index contributed by atoms with van der Waals surface area (Å²) >= 11 is 0. The highest BCUT2D eigenvalue weighted by Gasteiger charge is 2.26. The van der Waals surface area contributed by atoms with Gasteiger partial charge in [0.15, 0.2) is 0 Å². The minimum Gasteiger partial charge on any atom is -0.378 e. The summed E-state index contributed by atoms with van der Waals surface area (Å²) in [4.78, 5) is 21.8. The third-order valence-electron chi connectivity index (χ3n) is 5.73. The maximum atomic E-state index is 12.6. The highest BCUT2D eigenvalue weighted by Crippen LogP contribution is 2.28. The van der Waals surface area contributed by atoms with Crippen molar-refractivity contribution >= 4 is 5.91 Å². The molecule has 1 amide bonds. The van der Waals surface area contributed by atoms with Gasteiger partial charge in [0.2, 0.25) is 5.91 Å². The molecule has 2 aliphatic heterocycles. The van der Waals surface area contributed by atoms with E-state index in [1.807, 2.05) is 4.90 Å². The Kier molecular flexibility index (Phi) is 6.03. The van der Waals surface area contributed by atoms with Gasteiger partial charge in [0.25, 0.3) is 0 Å². The van der Waals surface area contributed by atoms with Gasteiger partial charge in [0, 0.05) is 36.8 Å². The molecule has 0 spiro atoms. The quantitative estimate of drug-likeness (QED) is 0.819. The molecule has 0 saturated carbocycles. The molecule has 0 bridgehead atoms. The summed E-state index contributed by atoms with van der Waals surface area (Å²) in [5.74, 6) is 0.612. The van der Waals surface area contributed by atoms with Crippen LogP contribution < -0.4 is 0 Å². The minimum absolute atomic E-state index is 0.227. The lowest BCUT2D eigenvalue weighted by molar-refractivity contribution is -0.136. The fourth-order valence-corrected chi connectivity index (χ4v) is 4.19. The Morgan fingerprint density at radius 1 is 1.14 bits per heavy atom. The van der Waals surface area contributed by atoms with Gasteiger partial charge < -0.3 is 9.64 Å². The summed E-state index contributed by atoms with van der Waals surface area (Å²) in [6, 6.07) is 14.8. The van der Waals surface area contributed by atoms with Crippen LogP contribution in [0.2, 0.25) is 0 Å². The molecule has 5 heteroatoms. The molecule has 1 atom stereocenters. The molecule has 2 saturated heterocycles. The summed E-state index contributed by atoms with van der Waals surface area (Å²) in [6.45, 7) is 7.26. The van der Waals surface area contributed by atoms with Crippen molar-refractivity contribution in [3.05, 3.63) is 53.7 Å². The van der Waals surface area contributed by atoms with Crippen molar-refractivity contribution in [1.29, 1.82) is 0 Å². The van der Waals surface area contributed by atoms with Crippen molar-refractivity contribution in [3.8, 4) is 11.3 Å². The molecule has 4 rings (SSSR count). The van der Waals surface area contributed by atoms with Crippen molar-refractivity contribution < 1.29 is 9.53 Å². The van der Waals surface area contributed by atoms with Gasteiger partial charge >= 0.3 is 0 Å². The SMILES string of the molecule is Cc1cccc(-c2cccc(C3CCCN(CC(=O)N4CCOCC4)C3)n2)c1. The largest absolute Gasteiger partial charge is 0.378 e. The molecular weight excluding hydrogens is 350 g/mol. The smallest absolute Gasteiger partial charge is 0.236 e. The van der Waals surface area contributed by atoms with Crippen LogP contribution in [0.5, 0.6) is 0 Å². The molecule has 148 valence electrons. The summed E-state index contributed by atoms with van der Waals surface area (Å²) in [6.07, 6.45) is 2.24. The Morgan fingerprint density at radius 2 is 1.96 bits per heavy atom. The van der Waals surface area contributed by atoms with E-state index in [1.165, 1.54) is 5.56 Å². The lowest BCUT2D eigenvalue weighted by Crippen LogP contribution is -2.47. The molecule has 2 aromatic rings. The van der Waals surface area contributed by atoms with Gasteiger partial charge in [-0.2, -0.15) is 0 Å². The Morgan fingerprint density at radius 3 is 2.79 bits per heavy atom. The van der Waals surface area contributed by atoms with Crippen LogP contribution in [0.4, 0.5) is 0 Å². The van der Waals surface area contributed by atoms with E-state index in [0.29, 0.717) is 25.7 Å². The van der Waals surface area contributed by atoms with Crippen LogP contribution in [0.25, 0.3) is 11.3 Å². The van der Waals surface area contributed by atoms with Crippen LogP contribution in [0.15, 0.2) is 42.5 Å². The maximum Gasteiger partial charge on any atom is 0.236 e. The average Bonchev–Trinajstić information content (AvgIpc) is 2.75. The van der Waals surface area contributed by atoms with E-state index in [4.69, 9.17) is 9.72 Å². The second kappa shape index (κ2) is 8.84. The van der Waals surface area contributed by atoms with Crippen molar-refractivity contribution in [2.75, 3.05) is 45.9 Å². The highest BCUT2D eigenvalue weighted by atomic mass is 16.5. The number of aryl methyl sites for hydroxylation is 1. The highest BCUT2D eigenvalue weighted by molar-refractivity contribution is 5.78. The van der Waals surface area contributed by atoms with Crippen LogP contribution >= 0.6 is 0 Å². The maximum absolute atomic E-state index is 12.6. The summed E-state index contributed by atoms with van der Waals surface area (Å²) < 4.78 is 5.35. The van der Waals surface area contributed by atoms with Crippen molar-refractivity contribution in [3.63, 3.8) is 0 Å². The van der Waals surface area contributed by atoms with Gasteiger partial charge in [-0.3, -0.25) is 14.7 Å². The van der Waals surface area contributed by atoms with Crippen molar-refractivity contribution in [2.45, 2.75) is 25.7 Å². The van der Waals surface area contributed by atoms with Crippen LogP contribution in [0.3, 0.4) is 0 Å². The number of hydrogen-bond donors (Lipinski definition) is 0. The third-order valence-corrected chi connectivity index (χ3v) is 5.73. The number of pyridine rings is 1. The molecule has 0 radical (unpaired) electrons. The lowest BCUT2D eigenvalue weighted by atomic mass is 9.93. The predicted octanol–water partition coefficient (Wildman–Crippen LogP) is 3.10. The second-order valence-electron chi connectivity index (χ2n) is 7.88. The fourth-order valence-electron chi connectivity index (χ4n) is 4.19. The number of hydrogen-bond acceptors (Lipinski definition) is 4. The first kappa shape index (κ1) is 19.1. The molecule has 1 aromatic heterocycles. The average molecular weight is 380 g/mol. The predicted molar refractivity (Wildman–Crippen MR) is 110 cm³/mol. The van der Waals surface area contributed by atoms with E-state index in [2.05, 4.69) is 54.3 Å². The molecule has 1 aromatic carbocycles. The monoisotopic (exact) mass is 379 g/mol. The van der Waals surface area contributed by atoms with Crippen molar-refractivity contribution in [1.82, 2.24) is 14.8 Å². The summed E-state index contributed by atoms with van der Waals surface area (Å²) in [7, 11) is 0. The Hall–Kier alpha value is -2.24. The Bertz CT molecular complexity index is 817. The van der Waals surface area contributed by atoms with E-state index in [9.17, 15) is 4.79 Å². The zero-order valence-corrected chi connectivity index (χ0v) is 16.6. The van der Waals surface area contributed by atoms with Gasteiger partial charge in [0.1, 0.15) is 0 Å². The first-order valence-corrected chi connectivity index (χ1v) is 10.3. The number of carbonyl (C=O) groups excluding carboxylic acids is 1. The number of rotatable bonds is 4. The van der Waals surface area contributed by atoms with Gasteiger partial charge in [-0.1, -0.05) is 29.8 Å². The number of carbonyl (C=O) groups is 1. The number of morpholine rings is 1. The van der Waals surface area contributed by atoms with Gasteiger partial charge in [-0.05, 0) is 44.5 Å². The number of likely N-dealkylation sites (tertiary alicyclic amines) is 1. The first-order chi connectivity index (χ1) is 13.7. The van der Waals surface area contributed by atoms with E-state index < -0.39 is 0 Å². The molecular formula is C23H29N3O2. The van der Waals surface area contributed by atoms with Crippen molar-refractivity contribution in [2.24, 2.45) is 0 Å². The van der Waals surface area contributed by atoms with E-state index in [1.54, 1.807) is 0 Å². The zero-order valence-electron chi connectivity index (χ0n) is 16.6. The molecule has 2 fully saturated rings. The number of piperidine rings is 1. The normalized spacial score (nSPS) is 20.9. The van der Waals surface area contributed by atoms with Gasteiger partial charge in [-0.25, -0.2) is 0 Å². The Labute approximate surface area is 167 Å². The van der Waals surface area contributed by atoms with Crippen LogP contribution in [0, 0.1) is 6.92 Å². The standard InChI is InChI=1S/C23H29N3O2/c1-18-5-2-6-19(15-18)21-8-3-9-22(24-21)20-7-4-10-25(16-20)17-23(27)26-11-13-28-14-12-26/h2-3,5-6,8-9,15,20H,4,7,10-14,16-17H2,1H3. The second-order valence-corrected chi connectivity index (χ2v) is 7.88. The van der Waals surface area contributed by atoms with Crippen LogP contribution in [-0.4, -0.2) is 66.6 Å². The molecule has 1 unspecified atom stereocenters. The molecule has 28 heavy (non-hydrogen) atoms. The topological polar surface area (TPSA) is 45.7 Å². The van der Waals surface area contributed by atoms with E-state index in [-0.39, 0.29) is 5.91 Å². The molecule has 5 nitrogen and oxygen atoms in total. The zero-order chi connectivity index (χ0) is 19.3. The van der Waals surface area contributed by atoms with E-state index in [0.717, 1.165) is 56.0 Å². The van der Waals surface area contributed by atoms with Crippen LogP contribution in [0.1, 0.15) is 30.0 Å². The summed E-state index contributed by atoms with van der Waals surface area (Å²) in [5, 5.41) is 0. The summed E-state index contributed by atoms with van der Waals surface area (Å²) in [5.41, 5.74) is 4.58. The molecule has 0 aliphatic carbocycles. The first-order valence-electron chi connectivity index (χ1n) is 10.3. The number of benzene rings is 1. The molecule has 0 N–H and O–H groups in total. The fraction of sp³-hybridized carbons (Fsp3) is 0.478. The third kappa shape index (κ3) is 4.59. The Balaban J connectivity index is 1.43.